The van der Waals surface area contributed by atoms with Gasteiger partial charge in [0, 0.05) is 28.5 Å². The van der Waals surface area contributed by atoms with Crippen LogP contribution in [0, 0.1) is 13.8 Å². The van der Waals surface area contributed by atoms with Gasteiger partial charge in [0.1, 0.15) is 12.6 Å². The number of nitrogens with zero attached hydrogens (tertiary/aromatic N) is 2. The number of carbonyl (C=O) groups excluding carboxylic acids is 2. The molecule has 0 fully saturated rings. The van der Waals surface area contributed by atoms with Crippen molar-refractivity contribution >= 4 is 55.1 Å². The average Bonchev–Trinajstić information content (AvgIpc) is 3.03. The minimum Gasteiger partial charge on any atom is -0.352 e. The van der Waals surface area contributed by atoms with E-state index in [0.29, 0.717) is 11.4 Å². The quantitative estimate of drug-likeness (QED) is 0.155. The fourth-order valence-corrected chi connectivity index (χ4v) is 6.96. The Morgan fingerprint density at radius 3 is 2.20 bits per heavy atom. The zero-order valence-corrected chi connectivity index (χ0v) is 29.6. The molecule has 0 saturated heterocycles. The maximum absolute atomic E-state index is 14.6. The van der Waals surface area contributed by atoms with Gasteiger partial charge in [-0.25, -0.2) is 8.42 Å². The summed E-state index contributed by atoms with van der Waals surface area (Å²) in [4.78, 5) is 30.1. The zero-order valence-electron chi connectivity index (χ0n) is 26.4. The number of benzene rings is 4. The Bertz CT molecular complexity index is 1770. The highest BCUT2D eigenvalue weighted by Crippen LogP contribution is 2.29. The first-order valence-electron chi connectivity index (χ1n) is 15.1. The van der Waals surface area contributed by atoms with E-state index in [9.17, 15) is 18.0 Å². The number of halogens is 2. The molecule has 0 bridgehead atoms. The Morgan fingerprint density at radius 1 is 0.891 bits per heavy atom. The number of aryl methyl sites for hydroxylation is 2. The van der Waals surface area contributed by atoms with Crippen LogP contribution in [0.2, 0.25) is 5.02 Å². The molecule has 4 rings (SSSR count). The van der Waals surface area contributed by atoms with Crippen LogP contribution in [0.1, 0.15) is 42.5 Å². The standard InChI is InChI=1S/C36H39BrClN3O4S/c1-5-27(4)39-36(43)34(21-28-10-7-6-8-11-28)40(23-29-12-9-13-30(37)20-29)35(42)24-41(31-17-16-26(3)33(38)22-31)46(44,45)32-18-14-25(2)15-19-32/h6-20,22,27,34H,5,21,23-24H2,1-4H3,(H,39,43)/t27-,34-/m1/s1. The van der Waals surface area contributed by atoms with Crippen LogP contribution < -0.4 is 9.62 Å². The van der Waals surface area contributed by atoms with E-state index in [0.717, 1.165) is 31.0 Å². The van der Waals surface area contributed by atoms with Crippen LogP contribution in [0.5, 0.6) is 0 Å². The fraction of sp³-hybridized carbons (Fsp3) is 0.278. The highest BCUT2D eigenvalue weighted by atomic mass is 79.9. The lowest BCUT2D eigenvalue weighted by Gasteiger charge is -2.34. The largest absolute Gasteiger partial charge is 0.352 e. The van der Waals surface area contributed by atoms with E-state index < -0.39 is 28.5 Å². The summed E-state index contributed by atoms with van der Waals surface area (Å²) >= 11 is 9.97. The Labute approximate surface area is 285 Å². The van der Waals surface area contributed by atoms with Crippen molar-refractivity contribution in [2.45, 2.75) is 64.1 Å². The summed E-state index contributed by atoms with van der Waals surface area (Å²) < 4.78 is 30.3. The molecule has 2 amide bonds. The number of anilines is 1. The third-order valence-corrected chi connectivity index (χ3v) is 10.5. The number of carbonyl (C=O) groups is 2. The highest BCUT2D eigenvalue weighted by Gasteiger charge is 2.35. The van der Waals surface area contributed by atoms with Gasteiger partial charge < -0.3 is 10.2 Å². The lowest BCUT2D eigenvalue weighted by molar-refractivity contribution is -0.140. The summed E-state index contributed by atoms with van der Waals surface area (Å²) in [5, 5.41) is 3.42. The topological polar surface area (TPSA) is 86.8 Å². The summed E-state index contributed by atoms with van der Waals surface area (Å²) in [5.74, 6) is -0.847. The van der Waals surface area contributed by atoms with Crippen LogP contribution in [-0.2, 0) is 32.6 Å². The van der Waals surface area contributed by atoms with E-state index >= 15 is 0 Å². The molecular formula is C36H39BrClN3O4S. The molecule has 242 valence electrons. The normalized spacial score (nSPS) is 12.7. The monoisotopic (exact) mass is 723 g/mol. The molecule has 1 N–H and O–H groups in total. The predicted molar refractivity (Wildman–Crippen MR) is 188 cm³/mol. The van der Waals surface area contributed by atoms with Crippen molar-refractivity contribution in [3.63, 3.8) is 0 Å². The molecule has 46 heavy (non-hydrogen) atoms. The van der Waals surface area contributed by atoms with Crippen molar-refractivity contribution in [1.82, 2.24) is 10.2 Å². The van der Waals surface area contributed by atoms with E-state index in [2.05, 4.69) is 21.2 Å². The van der Waals surface area contributed by atoms with E-state index in [1.54, 1.807) is 30.3 Å². The second kappa shape index (κ2) is 15.8. The van der Waals surface area contributed by atoms with Gasteiger partial charge >= 0.3 is 0 Å². The molecule has 7 nitrogen and oxygen atoms in total. The first-order chi connectivity index (χ1) is 21.9. The smallest absolute Gasteiger partial charge is 0.264 e. The molecule has 4 aromatic rings. The summed E-state index contributed by atoms with van der Waals surface area (Å²) in [6.45, 7) is 7.10. The van der Waals surface area contributed by atoms with Gasteiger partial charge in [-0.3, -0.25) is 13.9 Å². The van der Waals surface area contributed by atoms with Crippen LogP contribution >= 0.6 is 27.5 Å². The molecule has 0 saturated carbocycles. The van der Waals surface area contributed by atoms with Gasteiger partial charge in [0.2, 0.25) is 11.8 Å². The van der Waals surface area contributed by atoms with Crippen molar-refractivity contribution in [1.29, 1.82) is 0 Å². The minimum atomic E-state index is -4.22. The van der Waals surface area contributed by atoms with E-state index in [1.165, 1.54) is 17.0 Å². The summed E-state index contributed by atoms with van der Waals surface area (Å²) in [6.07, 6.45) is 0.948. The van der Waals surface area contributed by atoms with Crippen molar-refractivity contribution in [3.05, 3.63) is 129 Å². The van der Waals surface area contributed by atoms with E-state index in [1.807, 2.05) is 82.3 Å². The fourth-order valence-electron chi connectivity index (χ4n) is 4.93. The van der Waals surface area contributed by atoms with Gasteiger partial charge in [-0.05, 0) is 80.3 Å². The third-order valence-electron chi connectivity index (χ3n) is 7.85. The number of hydrogen-bond acceptors (Lipinski definition) is 4. The number of amides is 2. The average molecular weight is 725 g/mol. The molecule has 4 aromatic carbocycles. The molecule has 0 aromatic heterocycles. The van der Waals surface area contributed by atoms with Crippen molar-refractivity contribution < 1.29 is 18.0 Å². The SMILES string of the molecule is CC[C@@H](C)NC(=O)[C@@H](Cc1ccccc1)N(Cc1cccc(Br)c1)C(=O)CN(c1ccc(C)c(Cl)c1)S(=O)(=O)c1ccc(C)cc1. The van der Waals surface area contributed by atoms with Gasteiger partial charge in [0.15, 0.2) is 0 Å². The van der Waals surface area contributed by atoms with Gasteiger partial charge in [0.05, 0.1) is 10.6 Å². The minimum absolute atomic E-state index is 0.0384. The second-order valence-electron chi connectivity index (χ2n) is 11.4. The molecule has 0 radical (unpaired) electrons. The Balaban J connectivity index is 1.83. The maximum Gasteiger partial charge on any atom is 0.264 e. The second-order valence-corrected chi connectivity index (χ2v) is 14.6. The predicted octanol–water partition coefficient (Wildman–Crippen LogP) is 7.47. The van der Waals surface area contributed by atoms with Gasteiger partial charge in [-0.2, -0.15) is 0 Å². The molecule has 0 heterocycles. The third kappa shape index (κ3) is 8.99. The van der Waals surface area contributed by atoms with Crippen molar-refractivity contribution in [2.24, 2.45) is 0 Å². The van der Waals surface area contributed by atoms with Gasteiger partial charge in [-0.1, -0.05) is 101 Å². The Hall–Kier alpha value is -3.66. The lowest BCUT2D eigenvalue weighted by Crippen LogP contribution is -2.54. The first kappa shape index (κ1) is 35.2. The van der Waals surface area contributed by atoms with Crippen molar-refractivity contribution in [3.8, 4) is 0 Å². The van der Waals surface area contributed by atoms with Crippen LogP contribution in [0.15, 0.2) is 106 Å². The molecule has 0 aliphatic heterocycles. The van der Waals surface area contributed by atoms with Crippen LogP contribution in [0.3, 0.4) is 0 Å². The maximum atomic E-state index is 14.6. The number of rotatable bonds is 13. The van der Waals surface area contributed by atoms with Crippen LogP contribution in [0.25, 0.3) is 0 Å². The van der Waals surface area contributed by atoms with E-state index in [-0.39, 0.29) is 35.5 Å². The molecule has 2 atom stereocenters. The van der Waals surface area contributed by atoms with Crippen LogP contribution in [0.4, 0.5) is 5.69 Å². The molecule has 0 aliphatic carbocycles. The molecular weight excluding hydrogens is 686 g/mol. The van der Waals surface area contributed by atoms with Crippen LogP contribution in [-0.4, -0.2) is 43.8 Å². The van der Waals surface area contributed by atoms with E-state index in [4.69, 9.17) is 11.6 Å². The number of nitrogens with one attached hydrogen (secondary N) is 1. The Morgan fingerprint density at radius 2 is 1.57 bits per heavy atom. The molecule has 0 spiro atoms. The molecule has 10 heteroatoms. The first-order valence-corrected chi connectivity index (χ1v) is 17.7. The van der Waals surface area contributed by atoms with Gasteiger partial charge in [-0.15, -0.1) is 0 Å². The molecule has 0 unspecified atom stereocenters. The summed E-state index contributed by atoms with van der Waals surface area (Å²) in [5.41, 5.74) is 3.56. The lowest BCUT2D eigenvalue weighted by atomic mass is 10.0. The van der Waals surface area contributed by atoms with Gasteiger partial charge in [0.25, 0.3) is 10.0 Å². The van der Waals surface area contributed by atoms with Crippen molar-refractivity contribution in [2.75, 3.05) is 10.8 Å². The summed E-state index contributed by atoms with van der Waals surface area (Å²) in [6, 6.07) is 27.3. The highest BCUT2D eigenvalue weighted by molar-refractivity contribution is 9.10. The zero-order chi connectivity index (χ0) is 33.4. The Kier molecular flexibility index (Phi) is 12.1. The number of sulfonamides is 1. The summed E-state index contributed by atoms with van der Waals surface area (Å²) in [7, 11) is -4.22. The number of hydrogen-bond donors (Lipinski definition) is 1. The molecule has 0 aliphatic rings.